The number of hydrogen-bond donors (Lipinski definition) is 0. The lowest BCUT2D eigenvalue weighted by molar-refractivity contribution is -0.141. The molecule has 1 amide bonds. The lowest BCUT2D eigenvalue weighted by atomic mass is 10.0. The molecule has 0 radical (unpaired) electrons. The summed E-state index contributed by atoms with van der Waals surface area (Å²) in [4.78, 5) is 22.0. The molecule has 8 heteroatoms. The minimum atomic E-state index is -4.57. The van der Waals surface area contributed by atoms with Gasteiger partial charge >= 0.3 is 6.18 Å². The van der Waals surface area contributed by atoms with Gasteiger partial charge in [0.25, 0.3) is 5.91 Å². The standard InChI is InChI=1S/C22H18F3N3O2/c1-14-2-4-15(5-3-14)16-6-7-18-17(12-16)21(29)28(10-11-30-18)13-20-26-9-8-19(27-20)22(23,24)25/h2-9,12H,10-11,13H2,1H3. The first-order valence-electron chi connectivity index (χ1n) is 9.33. The smallest absolute Gasteiger partial charge is 0.433 e. The second kappa shape index (κ2) is 7.78. The molecule has 0 saturated carbocycles. The van der Waals surface area contributed by atoms with E-state index < -0.39 is 11.9 Å². The minimum absolute atomic E-state index is 0.0729. The van der Waals surface area contributed by atoms with Crippen molar-refractivity contribution < 1.29 is 22.7 Å². The Labute approximate surface area is 171 Å². The van der Waals surface area contributed by atoms with Gasteiger partial charge in [0.1, 0.15) is 23.9 Å². The van der Waals surface area contributed by atoms with Crippen LogP contribution in [-0.2, 0) is 12.7 Å². The van der Waals surface area contributed by atoms with Crippen molar-refractivity contribution in [3.05, 3.63) is 77.4 Å². The number of nitrogens with zero attached hydrogens (tertiary/aromatic N) is 3. The van der Waals surface area contributed by atoms with E-state index in [0.29, 0.717) is 11.3 Å². The quantitative estimate of drug-likeness (QED) is 0.634. The number of rotatable bonds is 3. The second-order valence-electron chi connectivity index (χ2n) is 7.01. The number of ether oxygens (including phenoxy) is 1. The van der Waals surface area contributed by atoms with E-state index in [1.165, 1.54) is 4.90 Å². The van der Waals surface area contributed by atoms with E-state index in [4.69, 9.17) is 4.74 Å². The Morgan fingerprint density at radius 3 is 2.53 bits per heavy atom. The van der Waals surface area contributed by atoms with Crippen molar-refractivity contribution in [1.82, 2.24) is 14.9 Å². The number of amides is 1. The number of carbonyl (C=O) groups excluding carboxylic acids is 1. The highest BCUT2D eigenvalue weighted by atomic mass is 19.4. The lowest BCUT2D eigenvalue weighted by Gasteiger charge is -2.19. The number of carbonyl (C=O) groups is 1. The predicted octanol–water partition coefficient (Wildman–Crippen LogP) is 4.51. The Morgan fingerprint density at radius 2 is 1.80 bits per heavy atom. The molecule has 154 valence electrons. The van der Waals surface area contributed by atoms with Crippen LogP contribution < -0.4 is 4.74 Å². The highest BCUT2D eigenvalue weighted by Gasteiger charge is 2.33. The Bertz CT molecular complexity index is 1080. The van der Waals surface area contributed by atoms with Gasteiger partial charge in [-0.3, -0.25) is 4.79 Å². The van der Waals surface area contributed by atoms with Crippen LogP contribution in [0.2, 0.25) is 0 Å². The van der Waals surface area contributed by atoms with Gasteiger partial charge in [-0.15, -0.1) is 0 Å². The molecule has 0 spiro atoms. The van der Waals surface area contributed by atoms with Crippen LogP contribution in [0.5, 0.6) is 5.75 Å². The summed E-state index contributed by atoms with van der Waals surface area (Å²) in [6.07, 6.45) is -3.52. The predicted molar refractivity (Wildman–Crippen MR) is 104 cm³/mol. The molecular formula is C22H18F3N3O2. The summed E-state index contributed by atoms with van der Waals surface area (Å²) >= 11 is 0. The molecule has 2 aromatic carbocycles. The van der Waals surface area contributed by atoms with Gasteiger partial charge in [0.05, 0.1) is 18.7 Å². The average Bonchev–Trinajstić information content (AvgIpc) is 2.87. The molecule has 2 heterocycles. The van der Waals surface area contributed by atoms with E-state index in [9.17, 15) is 18.0 Å². The van der Waals surface area contributed by atoms with Crippen LogP contribution in [0.15, 0.2) is 54.7 Å². The molecule has 0 saturated heterocycles. The topological polar surface area (TPSA) is 55.3 Å². The molecule has 4 rings (SSSR count). The summed E-state index contributed by atoms with van der Waals surface area (Å²) < 4.78 is 44.5. The van der Waals surface area contributed by atoms with E-state index in [-0.39, 0.29) is 31.4 Å². The zero-order chi connectivity index (χ0) is 21.3. The summed E-state index contributed by atoms with van der Waals surface area (Å²) in [5.41, 5.74) is 2.25. The molecule has 0 unspecified atom stereocenters. The van der Waals surface area contributed by atoms with E-state index in [1.807, 2.05) is 37.3 Å². The van der Waals surface area contributed by atoms with Crippen LogP contribution in [0.25, 0.3) is 11.1 Å². The summed E-state index contributed by atoms with van der Waals surface area (Å²) in [6, 6.07) is 14.1. The van der Waals surface area contributed by atoms with Gasteiger partial charge in [-0.2, -0.15) is 13.2 Å². The number of benzene rings is 2. The van der Waals surface area contributed by atoms with Crippen molar-refractivity contribution in [3.63, 3.8) is 0 Å². The highest BCUT2D eigenvalue weighted by molar-refractivity contribution is 5.98. The summed E-state index contributed by atoms with van der Waals surface area (Å²) in [6.45, 7) is 2.29. The normalized spacial score (nSPS) is 14.1. The number of halogens is 3. The fraction of sp³-hybridized carbons (Fsp3) is 0.227. The van der Waals surface area contributed by atoms with Gasteiger partial charge in [-0.1, -0.05) is 35.9 Å². The third-order valence-electron chi connectivity index (χ3n) is 4.83. The van der Waals surface area contributed by atoms with Gasteiger partial charge in [0.15, 0.2) is 0 Å². The lowest BCUT2D eigenvalue weighted by Crippen LogP contribution is -2.32. The van der Waals surface area contributed by atoms with E-state index in [1.54, 1.807) is 12.1 Å². The number of fused-ring (bicyclic) bond motifs is 1. The van der Waals surface area contributed by atoms with Gasteiger partial charge in [0, 0.05) is 6.20 Å². The summed E-state index contributed by atoms with van der Waals surface area (Å²) in [5, 5.41) is 0. The first-order valence-corrected chi connectivity index (χ1v) is 9.33. The van der Waals surface area contributed by atoms with Crippen molar-refractivity contribution in [3.8, 4) is 16.9 Å². The maximum absolute atomic E-state index is 13.1. The summed E-state index contributed by atoms with van der Waals surface area (Å²) in [5.74, 6) is 0.0390. The van der Waals surface area contributed by atoms with Crippen LogP contribution in [-0.4, -0.2) is 33.9 Å². The zero-order valence-electron chi connectivity index (χ0n) is 16.1. The number of aryl methyl sites for hydroxylation is 1. The Hall–Kier alpha value is -3.42. The molecule has 0 aliphatic carbocycles. The second-order valence-corrected chi connectivity index (χ2v) is 7.01. The molecule has 1 aliphatic heterocycles. The molecular weight excluding hydrogens is 395 g/mol. The molecule has 3 aromatic rings. The number of hydrogen-bond acceptors (Lipinski definition) is 4. The average molecular weight is 413 g/mol. The first kappa shape index (κ1) is 19.9. The van der Waals surface area contributed by atoms with Crippen molar-refractivity contribution in [2.75, 3.05) is 13.2 Å². The van der Waals surface area contributed by atoms with Crippen molar-refractivity contribution in [2.24, 2.45) is 0 Å². The molecule has 0 bridgehead atoms. The fourth-order valence-corrected chi connectivity index (χ4v) is 3.24. The SMILES string of the molecule is Cc1ccc(-c2ccc3c(c2)C(=O)N(Cc2nccc(C(F)(F)F)n2)CCO3)cc1. The van der Waals surface area contributed by atoms with Crippen LogP contribution in [0.3, 0.4) is 0 Å². The molecule has 0 fully saturated rings. The van der Waals surface area contributed by atoms with Crippen LogP contribution >= 0.6 is 0 Å². The third-order valence-corrected chi connectivity index (χ3v) is 4.83. The van der Waals surface area contributed by atoms with Crippen LogP contribution in [0, 0.1) is 6.92 Å². The fourth-order valence-electron chi connectivity index (χ4n) is 3.24. The van der Waals surface area contributed by atoms with Crippen molar-refractivity contribution in [1.29, 1.82) is 0 Å². The van der Waals surface area contributed by atoms with Gasteiger partial charge in [-0.25, -0.2) is 9.97 Å². The largest absolute Gasteiger partial charge is 0.491 e. The van der Waals surface area contributed by atoms with Crippen molar-refractivity contribution >= 4 is 5.91 Å². The number of aromatic nitrogens is 2. The van der Waals surface area contributed by atoms with Crippen LogP contribution in [0.4, 0.5) is 13.2 Å². The van der Waals surface area contributed by atoms with Gasteiger partial charge in [-0.05, 0) is 36.2 Å². The third kappa shape index (κ3) is 4.12. The summed E-state index contributed by atoms with van der Waals surface area (Å²) in [7, 11) is 0. The minimum Gasteiger partial charge on any atom is -0.491 e. The van der Waals surface area contributed by atoms with E-state index in [2.05, 4.69) is 9.97 Å². The first-order chi connectivity index (χ1) is 14.3. The molecule has 30 heavy (non-hydrogen) atoms. The Morgan fingerprint density at radius 1 is 1.07 bits per heavy atom. The van der Waals surface area contributed by atoms with Gasteiger partial charge < -0.3 is 9.64 Å². The highest BCUT2D eigenvalue weighted by Crippen LogP contribution is 2.30. The monoisotopic (exact) mass is 413 g/mol. The Kier molecular flexibility index (Phi) is 5.15. The van der Waals surface area contributed by atoms with E-state index in [0.717, 1.165) is 29.0 Å². The van der Waals surface area contributed by atoms with E-state index >= 15 is 0 Å². The molecule has 1 aromatic heterocycles. The van der Waals surface area contributed by atoms with Crippen molar-refractivity contribution in [2.45, 2.75) is 19.6 Å². The maximum Gasteiger partial charge on any atom is 0.433 e. The molecule has 0 N–H and O–H groups in total. The molecule has 0 atom stereocenters. The molecule has 1 aliphatic rings. The van der Waals surface area contributed by atoms with Gasteiger partial charge in [0.2, 0.25) is 0 Å². The number of alkyl halides is 3. The zero-order valence-corrected chi connectivity index (χ0v) is 16.1. The van der Waals surface area contributed by atoms with Crippen LogP contribution in [0.1, 0.15) is 27.4 Å². The molecule has 5 nitrogen and oxygen atoms in total. The maximum atomic E-state index is 13.1. The Balaban J connectivity index is 1.63.